The second-order valence-corrected chi connectivity index (χ2v) is 3.79. The summed E-state index contributed by atoms with van der Waals surface area (Å²) in [4.78, 5) is 0. The third kappa shape index (κ3) is 2.06. The van der Waals surface area contributed by atoms with Gasteiger partial charge in [0, 0.05) is 0 Å². The van der Waals surface area contributed by atoms with Gasteiger partial charge in [0.1, 0.15) is 11.9 Å². The molecular formula is C12H11ClO2. The standard InChI is InChI=1S/C12H11ClO2/c1-8-7-10(13)12(15-8)11(14)9-5-3-2-4-6-9/h2-7,11,14H,1H3. The molecular weight excluding hydrogens is 212 g/mol. The molecule has 0 spiro atoms. The van der Waals surface area contributed by atoms with E-state index in [2.05, 4.69) is 0 Å². The highest BCUT2D eigenvalue weighted by atomic mass is 35.5. The molecule has 2 aromatic rings. The van der Waals surface area contributed by atoms with Crippen LogP contribution in [0.25, 0.3) is 0 Å². The van der Waals surface area contributed by atoms with Gasteiger partial charge in [-0.1, -0.05) is 41.9 Å². The van der Waals surface area contributed by atoms with Crippen LogP contribution in [0.15, 0.2) is 40.8 Å². The first-order valence-corrected chi connectivity index (χ1v) is 5.05. The fraction of sp³-hybridized carbons (Fsp3) is 0.167. The summed E-state index contributed by atoms with van der Waals surface area (Å²) in [5.74, 6) is 1.10. The van der Waals surface area contributed by atoms with Gasteiger partial charge in [-0.25, -0.2) is 0 Å². The number of hydrogen-bond acceptors (Lipinski definition) is 2. The summed E-state index contributed by atoms with van der Waals surface area (Å²) in [7, 11) is 0. The average molecular weight is 223 g/mol. The van der Waals surface area contributed by atoms with Crippen LogP contribution in [-0.4, -0.2) is 5.11 Å². The Kier molecular flexibility index (Phi) is 2.80. The van der Waals surface area contributed by atoms with Gasteiger partial charge in [-0.3, -0.25) is 0 Å². The van der Waals surface area contributed by atoms with Gasteiger partial charge in [0.15, 0.2) is 5.76 Å². The van der Waals surface area contributed by atoms with Gasteiger partial charge >= 0.3 is 0 Å². The van der Waals surface area contributed by atoms with Crippen LogP contribution >= 0.6 is 11.6 Å². The Hall–Kier alpha value is -1.25. The maximum Gasteiger partial charge on any atom is 0.155 e. The van der Waals surface area contributed by atoms with Gasteiger partial charge in [-0.05, 0) is 18.6 Å². The zero-order valence-electron chi connectivity index (χ0n) is 8.27. The predicted molar refractivity (Wildman–Crippen MR) is 59.0 cm³/mol. The van der Waals surface area contributed by atoms with Gasteiger partial charge in [0.25, 0.3) is 0 Å². The van der Waals surface area contributed by atoms with E-state index in [1.165, 1.54) is 0 Å². The van der Waals surface area contributed by atoms with Crippen LogP contribution in [0.5, 0.6) is 0 Å². The van der Waals surface area contributed by atoms with Crippen LogP contribution in [0.2, 0.25) is 5.02 Å². The molecule has 3 heteroatoms. The summed E-state index contributed by atoms with van der Waals surface area (Å²) in [6.45, 7) is 1.80. The van der Waals surface area contributed by atoms with E-state index in [-0.39, 0.29) is 0 Å². The van der Waals surface area contributed by atoms with E-state index in [0.29, 0.717) is 16.5 Å². The molecule has 1 heterocycles. The van der Waals surface area contributed by atoms with Crippen molar-refractivity contribution < 1.29 is 9.52 Å². The second kappa shape index (κ2) is 4.09. The molecule has 1 N–H and O–H groups in total. The summed E-state index contributed by atoms with van der Waals surface area (Å²) in [6.07, 6.45) is -0.799. The minimum Gasteiger partial charge on any atom is -0.462 e. The average Bonchev–Trinajstić information content (AvgIpc) is 2.58. The summed E-state index contributed by atoms with van der Waals surface area (Å²) in [5, 5.41) is 10.5. The van der Waals surface area contributed by atoms with Crippen molar-refractivity contribution in [2.24, 2.45) is 0 Å². The minimum absolute atomic E-state index is 0.403. The second-order valence-electron chi connectivity index (χ2n) is 3.38. The van der Waals surface area contributed by atoms with Gasteiger partial charge in [0.2, 0.25) is 0 Å². The molecule has 1 unspecified atom stereocenters. The van der Waals surface area contributed by atoms with E-state index in [9.17, 15) is 5.11 Å². The van der Waals surface area contributed by atoms with Crippen molar-refractivity contribution in [3.8, 4) is 0 Å². The fourth-order valence-electron chi connectivity index (χ4n) is 1.47. The zero-order chi connectivity index (χ0) is 10.8. The highest BCUT2D eigenvalue weighted by Crippen LogP contribution is 2.30. The third-order valence-corrected chi connectivity index (χ3v) is 2.50. The van der Waals surface area contributed by atoms with E-state index in [4.69, 9.17) is 16.0 Å². The van der Waals surface area contributed by atoms with E-state index in [0.717, 1.165) is 5.56 Å². The van der Waals surface area contributed by atoms with Crippen molar-refractivity contribution >= 4 is 11.6 Å². The van der Waals surface area contributed by atoms with Crippen molar-refractivity contribution in [2.45, 2.75) is 13.0 Å². The van der Waals surface area contributed by atoms with E-state index in [1.54, 1.807) is 13.0 Å². The summed E-state index contributed by atoms with van der Waals surface area (Å²) < 4.78 is 5.35. The topological polar surface area (TPSA) is 33.4 Å². The van der Waals surface area contributed by atoms with Crippen molar-refractivity contribution in [1.82, 2.24) is 0 Å². The zero-order valence-corrected chi connectivity index (χ0v) is 9.03. The van der Waals surface area contributed by atoms with Crippen LogP contribution in [0.3, 0.4) is 0 Å². The number of hydrogen-bond donors (Lipinski definition) is 1. The number of rotatable bonds is 2. The first-order valence-electron chi connectivity index (χ1n) is 4.67. The Labute approximate surface area is 93.1 Å². The van der Waals surface area contributed by atoms with Crippen LogP contribution in [-0.2, 0) is 0 Å². The Bertz CT molecular complexity index is 448. The Balaban J connectivity index is 2.36. The lowest BCUT2D eigenvalue weighted by atomic mass is 10.1. The normalized spacial score (nSPS) is 12.7. The summed E-state index contributed by atoms with van der Waals surface area (Å²) in [6, 6.07) is 11.0. The van der Waals surface area contributed by atoms with Crippen molar-refractivity contribution in [1.29, 1.82) is 0 Å². The minimum atomic E-state index is -0.799. The smallest absolute Gasteiger partial charge is 0.155 e. The van der Waals surface area contributed by atoms with E-state index < -0.39 is 6.10 Å². The molecule has 15 heavy (non-hydrogen) atoms. The number of aliphatic hydroxyl groups is 1. The van der Waals surface area contributed by atoms with Gasteiger partial charge in [-0.2, -0.15) is 0 Å². The first-order chi connectivity index (χ1) is 7.18. The largest absolute Gasteiger partial charge is 0.462 e. The molecule has 0 bridgehead atoms. The van der Waals surface area contributed by atoms with E-state index >= 15 is 0 Å². The molecule has 0 aliphatic carbocycles. The highest BCUT2D eigenvalue weighted by molar-refractivity contribution is 6.31. The number of furan rings is 1. The SMILES string of the molecule is Cc1cc(Cl)c(C(O)c2ccccc2)o1. The lowest BCUT2D eigenvalue weighted by Gasteiger charge is -2.08. The van der Waals surface area contributed by atoms with Crippen LogP contribution < -0.4 is 0 Å². The van der Waals surface area contributed by atoms with Crippen molar-refractivity contribution in [3.63, 3.8) is 0 Å². The lowest BCUT2D eigenvalue weighted by molar-refractivity contribution is 0.188. The number of benzene rings is 1. The monoisotopic (exact) mass is 222 g/mol. The number of aliphatic hydroxyl groups excluding tert-OH is 1. The Morgan fingerprint density at radius 3 is 2.47 bits per heavy atom. The molecule has 0 aliphatic rings. The Morgan fingerprint density at radius 1 is 1.27 bits per heavy atom. The molecule has 0 saturated heterocycles. The molecule has 0 radical (unpaired) electrons. The summed E-state index contributed by atoms with van der Waals surface area (Å²) in [5.41, 5.74) is 0.772. The van der Waals surface area contributed by atoms with Crippen LogP contribution in [0, 0.1) is 6.92 Å². The Morgan fingerprint density at radius 2 is 1.93 bits per heavy atom. The molecule has 2 nitrogen and oxygen atoms in total. The molecule has 1 aromatic heterocycles. The molecule has 2 rings (SSSR count). The predicted octanol–water partition coefficient (Wildman–Crippen LogP) is 3.32. The third-order valence-electron chi connectivity index (χ3n) is 2.20. The molecule has 1 aromatic carbocycles. The van der Waals surface area contributed by atoms with E-state index in [1.807, 2.05) is 30.3 Å². The molecule has 78 valence electrons. The quantitative estimate of drug-likeness (QED) is 0.846. The maximum atomic E-state index is 10.0. The highest BCUT2D eigenvalue weighted by Gasteiger charge is 2.18. The molecule has 0 fully saturated rings. The van der Waals surface area contributed by atoms with Crippen LogP contribution in [0.1, 0.15) is 23.2 Å². The van der Waals surface area contributed by atoms with Gasteiger partial charge in [0.05, 0.1) is 5.02 Å². The van der Waals surface area contributed by atoms with Crippen molar-refractivity contribution in [3.05, 3.63) is 58.5 Å². The van der Waals surface area contributed by atoms with Gasteiger partial charge in [-0.15, -0.1) is 0 Å². The van der Waals surface area contributed by atoms with Gasteiger partial charge < -0.3 is 9.52 Å². The van der Waals surface area contributed by atoms with Crippen molar-refractivity contribution in [2.75, 3.05) is 0 Å². The summed E-state index contributed by atoms with van der Waals surface area (Å²) >= 11 is 5.94. The molecule has 1 atom stereocenters. The first kappa shape index (κ1) is 10.3. The molecule has 0 saturated carbocycles. The molecule has 0 aliphatic heterocycles. The fourth-order valence-corrected chi connectivity index (χ4v) is 1.77. The lowest BCUT2D eigenvalue weighted by Crippen LogP contribution is -1.97. The molecule has 0 amide bonds. The maximum absolute atomic E-state index is 10.0. The number of halogens is 1. The number of aryl methyl sites for hydroxylation is 1. The van der Waals surface area contributed by atoms with Crippen LogP contribution in [0.4, 0.5) is 0 Å².